The molecule has 106 valence electrons. The number of nitrogens with zero attached hydrogens (tertiary/aromatic N) is 3. The third kappa shape index (κ3) is 3.27. The summed E-state index contributed by atoms with van der Waals surface area (Å²) >= 11 is 5.78. The number of carbonyl (C=O) groups is 1. The van der Waals surface area contributed by atoms with Crippen LogP contribution in [0.1, 0.15) is 29.5 Å². The molecular formula is C13H15ClN4O2. The van der Waals surface area contributed by atoms with Gasteiger partial charge in [-0.25, -0.2) is 14.5 Å². The normalized spacial score (nSPS) is 10.5. The fourth-order valence-corrected chi connectivity index (χ4v) is 1.91. The standard InChI is InChI=1S/C13H15ClN4O2/c1-2-5-18-12(16-8-17-18)7-20-13(19)10-4-3-9(14)6-11(10)15/h3-4,6,8H,2,5,7,15H2,1H3. The molecule has 0 aliphatic heterocycles. The van der Waals surface area contributed by atoms with Gasteiger partial charge < -0.3 is 10.5 Å². The minimum Gasteiger partial charge on any atom is -0.454 e. The number of nitrogens with two attached hydrogens (primary N) is 1. The molecule has 0 bridgehead atoms. The number of anilines is 1. The summed E-state index contributed by atoms with van der Waals surface area (Å²) in [6, 6.07) is 4.64. The van der Waals surface area contributed by atoms with Crippen LogP contribution in [-0.4, -0.2) is 20.7 Å². The van der Waals surface area contributed by atoms with Crippen LogP contribution in [0.25, 0.3) is 0 Å². The van der Waals surface area contributed by atoms with Gasteiger partial charge in [-0.15, -0.1) is 0 Å². The molecule has 0 saturated carbocycles. The van der Waals surface area contributed by atoms with Gasteiger partial charge in [-0.2, -0.15) is 5.10 Å². The lowest BCUT2D eigenvalue weighted by Crippen LogP contribution is -2.12. The first-order valence-electron chi connectivity index (χ1n) is 6.20. The van der Waals surface area contributed by atoms with E-state index in [9.17, 15) is 4.79 Å². The SMILES string of the molecule is CCCn1ncnc1COC(=O)c1ccc(Cl)cc1N. The molecule has 20 heavy (non-hydrogen) atoms. The van der Waals surface area contributed by atoms with Crippen molar-refractivity contribution in [3.05, 3.63) is 40.9 Å². The average molecular weight is 295 g/mol. The molecule has 0 amide bonds. The summed E-state index contributed by atoms with van der Waals surface area (Å²) in [6.45, 7) is 2.82. The Hall–Kier alpha value is -2.08. The van der Waals surface area contributed by atoms with Crippen molar-refractivity contribution in [3.8, 4) is 0 Å². The Morgan fingerprint density at radius 1 is 1.50 bits per heavy atom. The number of hydrogen-bond acceptors (Lipinski definition) is 5. The zero-order valence-electron chi connectivity index (χ0n) is 11.0. The van der Waals surface area contributed by atoms with Crippen molar-refractivity contribution < 1.29 is 9.53 Å². The summed E-state index contributed by atoms with van der Waals surface area (Å²) in [5.74, 6) is 0.0953. The molecule has 0 unspecified atom stereocenters. The monoisotopic (exact) mass is 294 g/mol. The zero-order chi connectivity index (χ0) is 14.5. The van der Waals surface area contributed by atoms with E-state index >= 15 is 0 Å². The molecule has 6 nitrogen and oxygen atoms in total. The number of halogens is 1. The molecule has 0 saturated heterocycles. The molecule has 1 heterocycles. The second-order valence-electron chi connectivity index (χ2n) is 4.21. The lowest BCUT2D eigenvalue weighted by molar-refractivity contribution is 0.0458. The molecule has 2 rings (SSSR count). The van der Waals surface area contributed by atoms with Gasteiger partial charge in [0.2, 0.25) is 0 Å². The Morgan fingerprint density at radius 3 is 3.00 bits per heavy atom. The van der Waals surface area contributed by atoms with Crippen LogP contribution in [0.2, 0.25) is 5.02 Å². The number of ether oxygens (including phenoxy) is 1. The lowest BCUT2D eigenvalue weighted by atomic mass is 10.2. The van der Waals surface area contributed by atoms with E-state index in [0.29, 0.717) is 10.8 Å². The highest BCUT2D eigenvalue weighted by molar-refractivity contribution is 6.31. The fourth-order valence-electron chi connectivity index (χ4n) is 1.73. The molecule has 1 aromatic carbocycles. The first-order chi connectivity index (χ1) is 9.61. The fraction of sp³-hybridized carbons (Fsp3) is 0.308. The number of rotatable bonds is 5. The third-order valence-corrected chi connectivity index (χ3v) is 2.93. The lowest BCUT2D eigenvalue weighted by Gasteiger charge is -2.08. The smallest absolute Gasteiger partial charge is 0.340 e. The van der Waals surface area contributed by atoms with Crippen LogP contribution in [0.4, 0.5) is 5.69 Å². The van der Waals surface area contributed by atoms with Gasteiger partial charge in [0.1, 0.15) is 6.33 Å². The van der Waals surface area contributed by atoms with E-state index in [1.54, 1.807) is 10.7 Å². The minimum atomic E-state index is -0.509. The van der Waals surface area contributed by atoms with Crippen molar-refractivity contribution in [2.24, 2.45) is 0 Å². The second kappa shape index (κ2) is 6.38. The number of benzene rings is 1. The molecule has 7 heteroatoms. The van der Waals surface area contributed by atoms with Gasteiger partial charge in [-0.05, 0) is 24.6 Å². The van der Waals surface area contributed by atoms with Crippen molar-refractivity contribution in [3.63, 3.8) is 0 Å². The summed E-state index contributed by atoms with van der Waals surface area (Å²) in [5.41, 5.74) is 6.31. The Labute approximate surface area is 121 Å². The molecule has 0 radical (unpaired) electrons. The summed E-state index contributed by atoms with van der Waals surface area (Å²) in [5, 5.41) is 4.53. The minimum absolute atomic E-state index is 0.0564. The number of aryl methyl sites for hydroxylation is 1. The largest absolute Gasteiger partial charge is 0.454 e. The van der Waals surface area contributed by atoms with Crippen molar-refractivity contribution in [1.82, 2.24) is 14.8 Å². The van der Waals surface area contributed by atoms with Crippen LogP contribution in [0.3, 0.4) is 0 Å². The van der Waals surface area contributed by atoms with E-state index in [2.05, 4.69) is 10.1 Å². The number of esters is 1. The highest BCUT2D eigenvalue weighted by Crippen LogP contribution is 2.19. The van der Waals surface area contributed by atoms with Crippen LogP contribution < -0.4 is 5.73 Å². The predicted octanol–water partition coefficient (Wildman–Crippen LogP) is 2.28. The molecule has 0 fully saturated rings. The summed E-state index contributed by atoms with van der Waals surface area (Å²) in [7, 11) is 0. The maximum Gasteiger partial charge on any atom is 0.340 e. The van der Waals surface area contributed by atoms with E-state index in [4.69, 9.17) is 22.1 Å². The number of carbonyl (C=O) groups excluding carboxylic acids is 1. The number of hydrogen-bond donors (Lipinski definition) is 1. The van der Waals surface area contributed by atoms with Crippen LogP contribution in [-0.2, 0) is 17.9 Å². The molecule has 0 aliphatic carbocycles. The predicted molar refractivity (Wildman–Crippen MR) is 75.3 cm³/mol. The van der Waals surface area contributed by atoms with Gasteiger partial charge in [0.15, 0.2) is 12.4 Å². The van der Waals surface area contributed by atoms with Crippen molar-refractivity contribution in [1.29, 1.82) is 0 Å². The Balaban J connectivity index is 2.03. The summed E-state index contributed by atoms with van der Waals surface area (Å²) < 4.78 is 6.90. The maximum absolute atomic E-state index is 11.9. The topological polar surface area (TPSA) is 83.0 Å². The molecule has 0 spiro atoms. The van der Waals surface area contributed by atoms with E-state index in [-0.39, 0.29) is 17.9 Å². The first kappa shape index (κ1) is 14.3. The first-order valence-corrected chi connectivity index (χ1v) is 6.58. The average Bonchev–Trinajstić information content (AvgIpc) is 2.84. The van der Waals surface area contributed by atoms with Crippen molar-refractivity contribution in [2.45, 2.75) is 26.5 Å². The van der Waals surface area contributed by atoms with Crippen molar-refractivity contribution in [2.75, 3.05) is 5.73 Å². The van der Waals surface area contributed by atoms with Crippen LogP contribution in [0.5, 0.6) is 0 Å². The van der Waals surface area contributed by atoms with Crippen LogP contribution in [0, 0.1) is 0 Å². The summed E-state index contributed by atoms with van der Waals surface area (Å²) in [4.78, 5) is 16.0. The molecule has 1 aromatic heterocycles. The zero-order valence-corrected chi connectivity index (χ0v) is 11.8. The molecule has 0 aliphatic rings. The highest BCUT2D eigenvalue weighted by atomic mass is 35.5. The van der Waals surface area contributed by atoms with E-state index in [1.807, 2.05) is 6.92 Å². The molecular weight excluding hydrogens is 280 g/mol. The second-order valence-corrected chi connectivity index (χ2v) is 4.64. The van der Waals surface area contributed by atoms with E-state index < -0.39 is 5.97 Å². The van der Waals surface area contributed by atoms with Crippen LogP contribution >= 0.6 is 11.6 Å². The van der Waals surface area contributed by atoms with E-state index in [1.165, 1.54) is 18.5 Å². The van der Waals surface area contributed by atoms with Gasteiger partial charge in [0.25, 0.3) is 0 Å². The van der Waals surface area contributed by atoms with Crippen LogP contribution in [0.15, 0.2) is 24.5 Å². The van der Waals surface area contributed by atoms with Gasteiger partial charge in [-0.1, -0.05) is 18.5 Å². The Morgan fingerprint density at radius 2 is 2.30 bits per heavy atom. The van der Waals surface area contributed by atoms with E-state index in [0.717, 1.165) is 13.0 Å². The summed E-state index contributed by atoms with van der Waals surface area (Å²) in [6.07, 6.45) is 2.36. The third-order valence-electron chi connectivity index (χ3n) is 2.70. The molecule has 2 N–H and O–H groups in total. The number of nitrogen functional groups attached to an aromatic ring is 1. The Kier molecular flexibility index (Phi) is 4.57. The quantitative estimate of drug-likeness (QED) is 0.675. The maximum atomic E-state index is 11.9. The molecule has 2 aromatic rings. The van der Waals surface area contributed by atoms with Gasteiger partial charge in [0.05, 0.1) is 5.56 Å². The van der Waals surface area contributed by atoms with Gasteiger partial charge in [-0.3, -0.25) is 0 Å². The van der Waals surface area contributed by atoms with Gasteiger partial charge in [0, 0.05) is 17.3 Å². The highest BCUT2D eigenvalue weighted by Gasteiger charge is 2.13. The Bertz CT molecular complexity index is 612. The molecule has 0 atom stereocenters. The van der Waals surface area contributed by atoms with Crippen molar-refractivity contribution >= 4 is 23.3 Å². The number of aromatic nitrogens is 3. The van der Waals surface area contributed by atoms with Gasteiger partial charge >= 0.3 is 5.97 Å².